The first-order valence-corrected chi connectivity index (χ1v) is 6.74. The first kappa shape index (κ1) is 9.84. The topological polar surface area (TPSA) is 3.24 Å². The Morgan fingerprint density at radius 2 is 2.08 bits per heavy atom. The Hall–Kier alpha value is 0.300. The Morgan fingerprint density at radius 1 is 1.31 bits per heavy atom. The molecule has 1 aliphatic heterocycles. The van der Waals surface area contributed by atoms with Crippen molar-refractivity contribution in [2.24, 2.45) is 0 Å². The van der Waals surface area contributed by atoms with Gasteiger partial charge in [-0.05, 0) is 12.1 Å². The van der Waals surface area contributed by atoms with Gasteiger partial charge < -0.3 is 0 Å². The number of halogens is 1. The van der Waals surface area contributed by atoms with E-state index >= 15 is 0 Å². The van der Waals surface area contributed by atoms with E-state index in [2.05, 4.69) is 22.7 Å². The fourth-order valence-corrected chi connectivity index (χ4v) is 3.53. The highest BCUT2D eigenvalue weighted by molar-refractivity contribution is 7.99. The van der Waals surface area contributed by atoms with Gasteiger partial charge >= 0.3 is 0 Å². The number of nitrogens with zero attached hydrogens (tertiary/aromatic N) is 1. The molecule has 1 fully saturated rings. The van der Waals surface area contributed by atoms with Crippen LogP contribution in [0.5, 0.6) is 0 Å². The Morgan fingerprint density at radius 3 is 2.69 bits per heavy atom. The highest BCUT2D eigenvalue weighted by Gasteiger charge is 2.11. The molecule has 1 nitrogen and oxygen atoms in total. The van der Waals surface area contributed by atoms with Crippen LogP contribution in [0.1, 0.15) is 4.88 Å². The summed E-state index contributed by atoms with van der Waals surface area (Å²) in [6.07, 6.45) is 0. The zero-order valence-electron chi connectivity index (χ0n) is 7.33. The second-order valence-corrected chi connectivity index (χ2v) is 6.12. The minimum absolute atomic E-state index is 0.904. The van der Waals surface area contributed by atoms with E-state index in [9.17, 15) is 0 Å². The molecule has 0 aliphatic carbocycles. The van der Waals surface area contributed by atoms with Gasteiger partial charge in [-0.1, -0.05) is 11.6 Å². The van der Waals surface area contributed by atoms with Gasteiger partial charge in [-0.3, -0.25) is 4.90 Å². The van der Waals surface area contributed by atoms with Gasteiger partial charge in [0, 0.05) is 36.0 Å². The number of hydrogen-bond donors (Lipinski definition) is 0. The molecule has 0 spiro atoms. The summed E-state index contributed by atoms with van der Waals surface area (Å²) in [5.74, 6) is 2.55. The summed E-state index contributed by atoms with van der Waals surface area (Å²) >= 11 is 9.62. The third kappa shape index (κ3) is 2.88. The minimum atomic E-state index is 0.904. The third-order valence-corrected chi connectivity index (χ3v) is 4.27. The number of thiophene rings is 1. The summed E-state index contributed by atoms with van der Waals surface area (Å²) in [7, 11) is 0. The van der Waals surface area contributed by atoms with Crippen LogP contribution in [0.15, 0.2) is 12.1 Å². The Bertz CT molecular complexity index is 268. The van der Waals surface area contributed by atoms with E-state index in [4.69, 9.17) is 11.6 Å². The molecule has 2 heterocycles. The molecule has 1 saturated heterocycles. The average molecular weight is 234 g/mol. The molecule has 1 aromatic rings. The molecule has 0 radical (unpaired) electrons. The van der Waals surface area contributed by atoms with Gasteiger partial charge in [0.2, 0.25) is 0 Å². The van der Waals surface area contributed by atoms with Gasteiger partial charge in [-0.15, -0.1) is 11.3 Å². The number of rotatable bonds is 2. The van der Waals surface area contributed by atoms with Crippen LogP contribution < -0.4 is 0 Å². The molecule has 0 aromatic carbocycles. The fraction of sp³-hybridized carbons (Fsp3) is 0.556. The van der Waals surface area contributed by atoms with Crippen LogP contribution in [0, 0.1) is 0 Å². The molecule has 0 saturated carbocycles. The van der Waals surface area contributed by atoms with Crippen LogP contribution in [-0.4, -0.2) is 29.5 Å². The summed E-state index contributed by atoms with van der Waals surface area (Å²) in [4.78, 5) is 3.88. The Labute approximate surface area is 92.1 Å². The van der Waals surface area contributed by atoms with Crippen molar-refractivity contribution in [1.82, 2.24) is 4.90 Å². The van der Waals surface area contributed by atoms with Crippen molar-refractivity contribution < 1.29 is 0 Å². The summed E-state index contributed by atoms with van der Waals surface area (Å²) in [5, 5.41) is 0. The molecule has 1 aliphatic rings. The van der Waals surface area contributed by atoms with Crippen molar-refractivity contribution in [2.45, 2.75) is 6.54 Å². The quantitative estimate of drug-likeness (QED) is 0.773. The molecule has 13 heavy (non-hydrogen) atoms. The van der Waals surface area contributed by atoms with Crippen molar-refractivity contribution in [2.75, 3.05) is 24.6 Å². The van der Waals surface area contributed by atoms with Gasteiger partial charge in [0.05, 0.1) is 4.34 Å². The molecule has 72 valence electrons. The molecule has 0 N–H and O–H groups in total. The normalized spacial score (nSPS) is 19.2. The highest BCUT2D eigenvalue weighted by atomic mass is 35.5. The predicted molar refractivity (Wildman–Crippen MR) is 61.9 cm³/mol. The zero-order valence-corrected chi connectivity index (χ0v) is 9.72. The Kier molecular flexibility index (Phi) is 3.55. The van der Waals surface area contributed by atoms with Crippen molar-refractivity contribution in [3.8, 4) is 0 Å². The Balaban J connectivity index is 1.89. The van der Waals surface area contributed by atoms with E-state index in [0.717, 1.165) is 10.9 Å². The summed E-state index contributed by atoms with van der Waals surface area (Å²) < 4.78 is 0.904. The van der Waals surface area contributed by atoms with Crippen molar-refractivity contribution in [3.63, 3.8) is 0 Å². The standard InChI is InChI=1S/C9H12ClNS2/c10-9-2-1-8(13-9)7-11-3-5-12-6-4-11/h1-2H,3-7H2. The molecule has 0 bridgehead atoms. The molecule has 0 atom stereocenters. The van der Waals surface area contributed by atoms with Crippen LogP contribution in [0.2, 0.25) is 4.34 Å². The summed E-state index contributed by atoms with van der Waals surface area (Å²) in [6.45, 7) is 3.53. The van der Waals surface area contributed by atoms with Gasteiger partial charge in [-0.2, -0.15) is 11.8 Å². The molecule has 0 amide bonds. The molecular formula is C9H12ClNS2. The fourth-order valence-electron chi connectivity index (χ4n) is 1.42. The van der Waals surface area contributed by atoms with Crippen molar-refractivity contribution in [3.05, 3.63) is 21.3 Å². The first-order chi connectivity index (χ1) is 6.34. The maximum absolute atomic E-state index is 5.87. The smallest absolute Gasteiger partial charge is 0.0931 e. The van der Waals surface area contributed by atoms with E-state index in [0.29, 0.717) is 0 Å². The lowest BCUT2D eigenvalue weighted by molar-refractivity contribution is 0.297. The molecular weight excluding hydrogens is 222 g/mol. The van der Waals surface area contributed by atoms with Gasteiger partial charge in [-0.25, -0.2) is 0 Å². The monoisotopic (exact) mass is 233 g/mol. The van der Waals surface area contributed by atoms with E-state index in [1.807, 2.05) is 6.07 Å². The lowest BCUT2D eigenvalue weighted by Gasteiger charge is -2.25. The molecule has 1 aromatic heterocycles. The van der Waals surface area contributed by atoms with E-state index in [1.54, 1.807) is 11.3 Å². The zero-order chi connectivity index (χ0) is 9.10. The van der Waals surface area contributed by atoms with E-state index in [-0.39, 0.29) is 0 Å². The summed E-state index contributed by atoms with van der Waals surface area (Å²) in [5.41, 5.74) is 0. The van der Waals surface area contributed by atoms with Crippen LogP contribution in [0.25, 0.3) is 0 Å². The third-order valence-electron chi connectivity index (χ3n) is 2.11. The molecule has 2 rings (SSSR count). The number of thioether (sulfide) groups is 1. The van der Waals surface area contributed by atoms with Crippen molar-refractivity contribution in [1.29, 1.82) is 0 Å². The largest absolute Gasteiger partial charge is 0.297 e. The minimum Gasteiger partial charge on any atom is -0.297 e. The predicted octanol–water partition coefficient (Wildman–Crippen LogP) is 2.95. The van der Waals surface area contributed by atoms with E-state index < -0.39 is 0 Å². The van der Waals surface area contributed by atoms with Crippen LogP contribution in [0.3, 0.4) is 0 Å². The van der Waals surface area contributed by atoms with Crippen molar-refractivity contribution >= 4 is 34.7 Å². The maximum Gasteiger partial charge on any atom is 0.0931 e. The maximum atomic E-state index is 5.87. The first-order valence-electron chi connectivity index (χ1n) is 4.39. The van der Waals surface area contributed by atoms with Gasteiger partial charge in [0.15, 0.2) is 0 Å². The van der Waals surface area contributed by atoms with Crippen LogP contribution >= 0.6 is 34.7 Å². The van der Waals surface area contributed by atoms with Gasteiger partial charge in [0.25, 0.3) is 0 Å². The van der Waals surface area contributed by atoms with Crippen LogP contribution in [0.4, 0.5) is 0 Å². The van der Waals surface area contributed by atoms with E-state index in [1.165, 1.54) is 29.5 Å². The summed E-state index contributed by atoms with van der Waals surface area (Å²) in [6, 6.07) is 4.12. The average Bonchev–Trinajstić information content (AvgIpc) is 2.53. The second-order valence-electron chi connectivity index (χ2n) is 3.09. The number of hydrogen-bond acceptors (Lipinski definition) is 3. The lowest BCUT2D eigenvalue weighted by Crippen LogP contribution is -2.31. The molecule has 4 heteroatoms. The SMILES string of the molecule is Clc1ccc(CN2CCSCC2)s1. The highest BCUT2D eigenvalue weighted by Crippen LogP contribution is 2.23. The van der Waals surface area contributed by atoms with Gasteiger partial charge in [0.1, 0.15) is 0 Å². The van der Waals surface area contributed by atoms with Crippen LogP contribution in [-0.2, 0) is 6.54 Å². The second kappa shape index (κ2) is 4.69. The molecule has 0 unspecified atom stereocenters. The lowest BCUT2D eigenvalue weighted by atomic mass is 10.4.